The summed E-state index contributed by atoms with van der Waals surface area (Å²) in [5, 5.41) is 10.9. The summed E-state index contributed by atoms with van der Waals surface area (Å²) in [5.41, 5.74) is 1.00. The van der Waals surface area contributed by atoms with Gasteiger partial charge >= 0.3 is 0 Å². The van der Waals surface area contributed by atoms with Gasteiger partial charge < -0.3 is 0 Å². The van der Waals surface area contributed by atoms with Crippen molar-refractivity contribution >= 4 is 15.9 Å². The van der Waals surface area contributed by atoms with Crippen LogP contribution in [0.2, 0.25) is 0 Å². The fourth-order valence-corrected chi connectivity index (χ4v) is 1.54. The van der Waals surface area contributed by atoms with Gasteiger partial charge in [0, 0.05) is 11.3 Å². The second-order valence-corrected chi connectivity index (χ2v) is 3.43. The lowest BCUT2D eigenvalue weighted by Crippen LogP contribution is -2.23. The van der Waals surface area contributed by atoms with Crippen LogP contribution in [-0.2, 0) is 6.42 Å². The summed E-state index contributed by atoms with van der Waals surface area (Å²) < 4.78 is 0. The fourth-order valence-electron chi connectivity index (χ4n) is 1.07. The molecule has 70 valence electrons. The van der Waals surface area contributed by atoms with E-state index in [9.17, 15) is 10.1 Å². The predicted octanol–water partition coefficient (Wildman–Crippen LogP) is 2.27. The molecule has 0 saturated carbocycles. The van der Waals surface area contributed by atoms with Crippen LogP contribution in [0.4, 0.5) is 0 Å². The zero-order valence-corrected chi connectivity index (χ0v) is 8.61. The molecular formula is C9H10BrNO2. The van der Waals surface area contributed by atoms with Gasteiger partial charge in [-0.15, -0.1) is 0 Å². The van der Waals surface area contributed by atoms with E-state index in [0.29, 0.717) is 11.8 Å². The van der Waals surface area contributed by atoms with Crippen molar-refractivity contribution in [3.05, 3.63) is 46.0 Å². The molecular weight excluding hydrogens is 234 g/mol. The Labute approximate surface area is 85.0 Å². The lowest BCUT2D eigenvalue weighted by Gasteiger charge is -2.05. The lowest BCUT2D eigenvalue weighted by molar-refractivity contribution is -0.515. The second kappa shape index (κ2) is 4.97. The van der Waals surface area contributed by atoms with E-state index in [4.69, 9.17) is 0 Å². The number of hydrogen-bond acceptors (Lipinski definition) is 2. The lowest BCUT2D eigenvalue weighted by atomic mass is 10.1. The van der Waals surface area contributed by atoms with E-state index in [1.165, 1.54) is 0 Å². The molecule has 0 saturated heterocycles. The third kappa shape index (κ3) is 3.14. The Hall–Kier alpha value is -0.900. The molecule has 0 aliphatic carbocycles. The Kier molecular flexibility index (Phi) is 3.89. The molecule has 3 nitrogen and oxygen atoms in total. The van der Waals surface area contributed by atoms with E-state index in [2.05, 4.69) is 15.9 Å². The first kappa shape index (κ1) is 10.2. The van der Waals surface area contributed by atoms with Crippen LogP contribution < -0.4 is 0 Å². The predicted molar refractivity (Wildman–Crippen MR) is 54.7 cm³/mol. The molecule has 13 heavy (non-hydrogen) atoms. The van der Waals surface area contributed by atoms with Crippen molar-refractivity contribution in [2.75, 3.05) is 5.33 Å². The number of alkyl halides is 1. The third-order valence-corrected chi connectivity index (χ3v) is 2.54. The summed E-state index contributed by atoms with van der Waals surface area (Å²) in [4.78, 5) is 10.3. The van der Waals surface area contributed by atoms with Crippen LogP contribution in [0.3, 0.4) is 0 Å². The van der Waals surface area contributed by atoms with E-state index in [1.54, 1.807) is 0 Å². The van der Waals surface area contributed by atoms with Crippen LogP contribution in [-0.4, -0.2) is 16.3 Å². The summed E-state index contributed by atoms with van der Waals surface area (Å²) in [6.45, 7) is 0. The smallest absolute Gasteiger partial charge is 0.226 e. The van der Waals surface area contributed by atoms with Gasteiger partial charge in [-0.25, -0.2) is 0 Å². The third-order valence-electron chi connectivity index (χ3n) is 1.79. The molecule has 1 aromatic carbocycles. The molecule has 0 aromatic heterocycles. The van der Waals surface area contributed by atoms with Gasteiger partial charge in [-0.05, 0) is 5.56 Å². The average molecular weight is 244 g/mol. The molecule has 1 atom stereocenters. The molecule has 4 heteroatoms. The first-order chi connectivity index (χ1) is 6.24. The second-order valence-electron chi connectivity index (χ2n) is 2.78. The summed E-state index contributed by atoms with van der Waals surface area (Å²) >= 11 is 3.13. The van der Waals surface area contributed by atoms with Crippen molar-refractivity contribution < 1.29 is 4.92 Å². The summed E-state index contributed by atoms with van der Waals surface area (Å²) in [6, 6.07) is 8.96. The Bertz CT molecular complexity index is 276. The van der Waals surface area contributed by atoms with Crippen molar-refractivity contribution in [3.63, 3.8) is 0 Å². The van der Waals surface area contributed by atoms with Crippen molar-refractivity contribution in [2.24, 2.45) is 0 Å². The Morgan fingerprint density at radius 1 is 1.38 bits per heavy atom. The summed E-state index contributed by atoms with van der Waals surface area (Å²) in [7, 11) is 0. The van der Waals surface area contributed by atoms with Crippen LogP contribution in [0.15, 0.2) is 30.3 Å². The molecule has 0 N–H and O–H groups in total. The summed E-state index contributed by atoms with van der Waals surface area (Å²) in [6.07, 6.45) is 0.485. The van der Waals surface area contributed by atoms with Gasteiger partial charge in [0.25, 0.3) is 0 Å². The largest absolute Gasteiger partial charge is 0.264 e. The molecule has 0 spiro atoms. The Balaban J connectivity index is 2.62. The molecule has 1 rings (SSSR count). The van der Waals surface area contributed by atoms with E-state index < -0.39 is 6.04 Å². The number of nitro groups is 1. The Morgan fingerprint density at radius 2 is 2.00 bits per heavy atom. The number of hydrogen-bond donors (Lipinski definition) is 0. The summed E-state index contributed by atoms with van der Waals surface area (Å²) in [5.74, 6) is 0. The maximum Gasteiger partial charge on any atom is 0.226 e. The van der Waals surface area contributed by atoms with E-state index in [-0.39, 0.29) is 4.92 Å². The van der Waals surface area contributed by atoms with Crippen LogP contribution >= 0.6 is 15.9 Å². The van der Waals surface area contributed by atoms with Crippen molar-refractivity contribution in [2.45, 2.75) is 12.5 Å². The van der Waals surface area contributed by atoms with E-state index in [1.807, 2.05) is 30.3 Å². The number of rotatable bonds is 4. The molecule has 0 heterocycles. The first-order valence-electron chi connectivity index (χ1n) is 3.97. The van der Waals surface area contributed by atoms with E-state index >= 15 is 0 Å². The highest BCUT2D eigenvalue weighted by Crippen LogP contribution is 2.07. The molecule has 0 aliphatic heterocycles. The topological polar surface area (TPSA) is 43.1 Å². The highest BCUT2D eigenvalue weighted by Gasteiger charge is 2.18. The molecule has 1 unspecified atom stereocenters. The van der Waals surface area contributed by atoms with Gasteiger partial charge in [0.1, 0.15) is 0 Å². The minimum atomic E-state index is -0.526. The zero-order valence-electron chi connectivity index (χ0n) is 7.02. The van der Waals surface area contributed by atoms with Crippen LogP contribution in [0.1, 0.15) is 5.56 Å². The minimum absolute atomic E-state index is 0.248. The van der Waals surface area contributed by atoms with Gasteiger partial charge in [-0.3, -0.25) is 10.1 Å². The van der Waals surface area contributed by atoms with Crippen LogP contribution in [0, 0.1) is 10.1 Å². The van der Waals surface area contributed by atoms with Crippen LogP contribution in [0.5, 0.6) is 0 Å². The zero-order chi connectivity index (χ0) is 9.68. The van der Waals surface area contributed by atoms with Gasteiger partial charge in [0.2, 0.25) is 6.04 Å². The minimum Gasteiger partial charge on any atom is -0.264 e. The van der Waals surface area contributed by atoms with E-state index in [0.717, 1.165) is 5.56 Å². The van der Waals surface area contributed by atoms with Gasteiger partial charge in [-0.2, -0.15) is 0 Å². The standard InChI is InChI=1S/C9H10BrNO2/c10-7-9(11(12)13)6-8-4-2-1-3-5-8/h1-5,9H,6-7H2. The number of benzene rings is 1. The normalized spacial score (nSPS) is 12.4. The van der Waals surface area contributed by atoms with Crippen LogP contribution in [0.25, 0.3) is 0 Å². The highest BCUT2D eigenvalue weighted by molar-refractivity contribution is 9.09. The molecule has 1 aromatic rings. The SMILES string of the molecule is O=[N+]([O-])C(CBr)Cc1ccccc1. The van der Waals surface area contributed by atoms with Gasteiger partial charge in [0.15, 0.2) is 0 Å². The van der Waals surface area contributed by atoms with Crippen molar-refractivity contribution in [3.8, 4) is 0 Å². The van der Waals surface area contributed by atoms with Gasteiger partial charge in [0.05, 0.1) is 5.33 Å². The molecule has 0 aliphatic rings. The molecule has 0 fully saturated rings. The number of nitrogens with zero attached hydrogens (tertiary/aromatic N) is 1. The molecule has 0 bridgehead atoms. The average Bonchev–Trinajstić information content (AvgIpc) is 2.15. The van der Waals surface area contributed by atoms with Gasteiger partial charge in [-0.1, -0.05) is 46.3 Å². The maximum absolute atomic E-state index is 10.5. The molecule has 0 amide bonds. The first-order valence-corrected chi connectivity index (χ1v) is 5.09. The number of halogens is 1. The van der Waals surface area contributed by atoms with Crippen molar-refractivity contribution in [1.29, 1.82) is 0 Å². The Morgan fingerprint density at radius 3 is 2.46 bits per heavy atom. The fraction of sp³-hybridized carbons (Fsp3) is 0.333. The monoisotopic (exact) mass is 243 g/mol. The quantitative estimate of drug-likeness (QED) is 0.463. The molecule has 0 radical (unpaired) electrons. The maximum atomic E-state index is 10.5. The van der Waals surface area contributed by atoms with Crippen molar-refractivity contribution in [1.82, 2.24) is 0 Å². The highest BCUT2D eigenvalue weighted by atomic mass is 79.9.